The third-order valence-electron chi connectivity index (χ3n) is 4.67. The first kappa shape index (κ1) is 27.8. The number of guanidine groups is 1. The van der Waals surface area contributed by atoms with Gasteiger partial charge in [-0.05, 0) is 18.1 Å². The molecule has 3 atom stereocenters. The van der Waals surface area contributed by atoms with Crippen LogP contribution in [0.15, 0.2) is 41.3 Å². The summed E-state index contributed by atoms with van der Waals surface area (Å²) >= 11 is 12.7. The number of carbonyl (C=O) groups excluding carboxylic acids is 2. The molecule has 0 fully saturated rings. The number of thiophene rings is 1. The molecule has 0 radical (unpaired) electrons. The quantitative estimate of drug-likeness (QED) is 0.143. The van der Waals surface area contributed by atoms with E-state index in [1.54, 1.807) is 30.3 Å². The molecule has 0 bridgehead atoms. The molecular weight excluding hydrogens is 525 g/mol. The third-order valence-corrected chi connectivity index (χ3v) is 7.91. The van der Waals surface area contributed by atoms with Crippen molar-refractivity contribution in [2.24, 2.45) is 17.2 Å². The minimum Gasteiger partial charge on any atom is -0.370 e. The molecule has 1 aromatic heterocycles. The minimum atomic E-state index is -4.21. The van der Waals surface area contributed by atoms with E-state index in [-0.39, 0.29) is 38.9 Å². The lowest BCUT2D eigenvalue weighted by atomic mass is 10.0. The van der Waals surface area contributed by atoms with Crippen LogP contribution in [0.4, 0.5) is 0 Å². The van der Waals surface area contributed by atoms with Crippen molar-refractivity contribution in [3.63, 3.8) is 0 Å². The Kier molecular flexibility index (Phi) is 10.1. The van der Waals surface area contributed by atoms with Gasteiger partial charge in [-0.3, -0.25) is 15.0 Å². The van der Waals surface area contributed by atoms with Crippen LogP contribution in [0.3, 0.4) is 0 Å². The van der Waals surface area contributed by atoms with Gasteiger partial charge < -0.3 is 27.8 Å². The van der Waals surface area contributed by atoms with E-state index in [1.165, 1.54) is 6.07 Å². The van der Waals surface area contributed by atoms with E-state index >= 15 is 0 Å². The number of sulfonamides is 1. The second-order valence-electron chi connectivity index (χ2n) is 7.22. The smallest absolute Gasteiger partial charge is 0.243 e. The molecule has 2 aromatic rings. The summed E-state index contributed by atoms with van der Waals surface area (Å²) in [6.07, 6.45) is 0.0999. The zero-order valence-electron chi connectivity index (χ0n) is 17.8. The molecule has 1 aromatic carbocycles. The van der Waals surface area contributed by atoms with Gasteiger partial charge >= 0.3 is 0 Å². The number of nitrogens with two attached hydrogens (primary N) is 3. The average molecular weight is 550 g/mol. The highest BCUT2D eigenvalue weighted by Gasteiger charge is 2.32. The second kappa shape index (κ2) is 12.3. The highest BCUT2D eigenvalue weighted by molar-refractivity contribution is 7.89. The van der Waals surface area contributed by atoms with E-state index in [0.29, 0.717) is 0 Å². The van der Waals surface area contributed by atoms with Gasteiger partial charge in [-0.1, -0.05) is 53.5 Å². The summed E-state index contributed by atoms with van der Waals surface area (Å²) in [6.45, 7) is 0.0326. The summed E-state index contributed by atoms with van der Waals surface area (Å²) < 4.78 is 28.2. The molecular formula is C19H25Cl2N7O4S2. The normalized spacial score (nSPS) is 14.1. The van der Waals surface area contributed by atoms with Gasteiger partial charge in [0.1, 0.15) is 21.3 Å². The Morgan fingerprint density at radius 1 is 1.15 bits per heavy atom. The van der Waals surface area contributed by atoms with Gasteiger partial charge in [0, 0.05) is 19.0 Å². The number of carbonyl (C=O) groups is 2. The van der Waals surface area contributed by atoms with Crippen LogP contribution in [0.1, 0.15) is 12.0 Å². The largest absolute Gasteiger partial charge is 0.370 e. The summed E-state index contributed by atoms with van der Waals surface area (Å²) in [5.74, 6) is -1.92. The number of primary amides is 1. The van der Waals surface area contributed by atoms with Gasteiger partial charge in [0.15, 0.2) is 5.96 Å². The van der Waals surface area contributed by atoms with Gasteiger partial charge in [0.2, 0.25) is 21.8 Å². The van der Waals surface area contributed by atoms with Crippen LogP contribution in [0, 0.1) is 5.41 Å². The summed E-state index contributed by atoms with van der Waals surface area (Å²) in [4.78, 5) is 24.5. The maximum atomic E-state index is 12.9. The van der Waals surface area contributed by atoms with Gasteiger partial charge in [-0.15, -0.1) is 11.3 Å². The first-order valence-electron chi connectivity index (χ1n) is 9.85. The lowest BCUT2D eigenvalue weighted by Crippen LogP contribution is -2.59. The number of nitrogens with one attached hydrogen (secondary N) is 4. The summed E-state index contributed by atoms with van der Waals surface area (Å²) in [7, 11) is -4.21. The highest BCUT2D eigenvalue weighted by atomic mass is 35.5. The van der Waals surface area contributed by atoms with Crippen molar-refractivity contribution in [2.75, 3.05) is 6.54 Å². The molecule has 15 heteroatoms. The lowest BCUT2D eigenvalue weighted by molar-refractivity contribution is -0.128. The summed E-state index contributed by atoms with van der Waals surface area (Å²) in [5.41, 5.74) is 17.6. The predicted molar refractivity (Wildman–Crippen MR) is 132 cm³/mol. The standard InChI is InChI=1S/C19H25Cl2N7O4S2/c20-14-9-13(16(21)33-14)34(31,32)28-11(6-7-26-19(24)25)15(22)18(30)27-12(17(23)29)8-10-4-2-1-3-5-10/h1-5,9,11-12,15,28H,6-8,22H2,(H2,23,29)(H,27,30)(H4,24,25,26)/t11?,12-,15-/m0/s1. The minimum absolute atomic E-state index is 0.0250. The molecule has 0 saturated heterocycles. The first-order valence-corrected chi connectivity index (χ1v) is 12.9. The molecule has 2 amide bonds. The Hall–Kier alpha value is -2.42. The average Bonchev–Trinajstić information content (AvgIpc) is 3.11. The zero-order valence-corrected chi connectivity index (χ0v) is 20.9. The molecule has 2 rings (SSSR count). The monoisotopic (exact) mass is 549 g/mol. The van der Waals surface area contributed by atoms with Crippen molar-refractivity contribution >= 4 is 62.3 Å². The Labute approximate surface area is 210 Å². The fraction of sp³-hybridized carbons (Fsp3) is 0.316. The Balaban J connectivity index is 2.20. The van der Waals surface area contributed by atoms with Crippen molar-refractivity contribution < 1.29 is 18.0 Å². The van der Waals surface area contributed by atoms with Gasteiger partial charge in [-0.2, -0.15) is 0 Å². The zero-order chi connectivity index (χ0) is 25.5. The molecule has 0 spiro atoms. The molecule has 1 heterocycles. The number of halogens is 2. The number of amides is 2. The van der Waals surface area contributed by atoms with E-state index in [0.717, 1.165) is 16.9 Å². The maximum Gasteiger partial charge on any atom is 0.243 e. The molecule has 0 aliphatic heterocycles. The molecule has 34 heavy (non-hydrogen) atoms. The SMILES string of the molecule is N=C(N)NCCC(NS(=O)(=O)c1cc(Cl)sc1Cl)[C@H](N)C(=O)N[C@@H](Cc1ccccc1)C(N)=O. The number of hydrogen-bond donors (Lipinski definition) is 7. The van der Waals surface area contributed by atoms with Crippen molar-refractivity contribution in [1.29, 1.82) is 5.41 Å². The Morgan fingerprint density at radius 2 is 1.79 bits per heavy atom. The van der Waals surface area contributed by atoms with E-state index in [2.05, 4.69) is 15.4 Å². The number of benzene rings is 1. The van der Waals surface area contributed by atoms with Gasteiger partial charge in [0.25, 0.3) is 0 Å². The molecule has 11 nitrogen and oxygen atoms in total. The molecule has 10 N–H and O–H groups in total. The van der Waals surface area contributed by atoms with Crippen LogP contribution in [0.25, 0.3) is 0 Å². The fourth-order valence-electron chi connectivity index (χ4n) is 2.97. The fourth-order valence-corrected chi connectivity index (χ4v) is 6.41. The topological polar surface area (TPSA) is 206 Å². The van der Waals surface area contributed by atoms with Crippen LogP contribution < -0.4 is 32.6 Å². The Bertz CT molecular complexity index is 1130. The Morgan fingerprint density at radius 3 is 2.32 bits per heavy atom. The van der Waals surface area contributed by atoms with E-state index in [1.807, 2.05) is 0 Å². The van der Waals surface area contributed by atoms with Crippen molar-refractivity contribution in [3.05, 3.63) is 50.6 Å². The van der Waals surface area contributed by atoms with Crippen LogP contribution in [-0.2, 0) is 26.0 Å². The molecule has 1 unspecified atom stereocenters. The first-order chi connectivity index (χ1) is 15.9. The van der Waals surface area contributed by atoms with E-state index in [9.17, 15) is 18.0 Å². The third kappa shape index (κ3) is 8.11. The lowest BCUT2D eigenvalue weighted by Gasteiger charge is -2.26. The highest BCUT2D eigenvalue weighted by Crippen LogP contribution is 2.34. The molecule has 0 aliphatic carbocycles. The predicted octanol–water partition coefficient (Wildman–Crippen LogP) is 0.115. The van der Waals surface area contributed by atoms with Crippen LogP contribution in [0.2, 0.25) is 8.67 Å². The molecule has 0 saturated carbocycles. The van der Waals surface area contributed by atoms with Crippen molar-refractivity contribution in [2.45, 2.75) is 35.9 Å². The van der Waals surface area contributed by atoms with E-state index < -0.39 is 40.0 Å². The van der Waals surface area contributed by atoms with Gasteiger partial charge in [-0.25, -0.2) is 13.1 Å². The summed E-state index contributed by atoms with van der Waals surface area (Å²) in [5, 5.41) is 12.3. The van der Waals surface area contributed by atoms with Crippen molar-refractivity contribution in [1.82, 2.24) is 15.4 Å². The maximum absolute atomic E-state index is 12.9. The second-order valence-corrected chi connectivity index (χ2v) is 11.2. The van der Waals surface area contributed by atoms with Crippen molar-refractivity contribution in [3.8, 4) is 0 Å². The van der Waals surface area contributed by atoms with E-state index in [4.69, 9.17) is 45.8 Å². The number of hydrogen-bond acceptors (Lipinski definition) is 7. The van der Waals surface area contributed by atoms with Crippen LogP contribution in [0.5, 0.6) is 0 Å². The van der Waals surface area contributed by atoms with Gasteiger partial charge in [0.05, 0.1) is 4.34 Å². The number of rotatable bonds is 12. The molecule has 186 valence electrons. The van der Waals surface area contributed by atoms with Crippen LogP contribution >= 0.6 is 34.5 Å². The van der Waals surface area contributed by atoms with Crippen LogP contribution in [-0.4, -0.2) is 50.9 Å². The summed E-state index contributed by atoms with van der Waals surface area (Å²) in [6, 6.07) is 6.41. The molecule has 0 aliphatic rings.